The van der Waals surface area contributed by atoms with E-state index in [0.717, 1.165) is 5.56 Å². The van der Waals surface area contributed by atoms with Crippen molar-refractivity contribution in [3.63, 3.8) is 0 Å². The molecule has 0 bridgehead atoms. The maximum atomic E-state index is 12.6. The van der Waals surface area contributed by atoms with Gasteiger partial charge in [0.05, 0.1) is 6.61 Å². The summed E-state index contributed by atoms with van der Waals surface area (Å²) >= 11 is 0. The molecule has 3 heteroatoms. The number of halogens is 1. The van der Waals surface area contributed by atoms with Crippen molar-refractivity contribution < 1.29 is 9.13 Å². The lowest BCUT2D eigenvalue weighted by Gasteiger charge is -2.29. The van der Waals surface area contributed by atoms with Gasteiger partial charge in [-0.25, -0.2) is 9.37 Å². The molecule has 0 amide bonds. The monoisotopic (exact) mass is 194 g/mol. The molecule has 0 N–H and O–H groups in total. The Kier molecular flexibility index (Phi) is 2.66. The molecule has 1 aromatic heterocycles. The van der Waals surface area contributed by atoms with Gasteiger partial charge in [-0.2, -0.15) is 0 Å². The Hall–Kier alpha value is -1.12. The molecule has 1 heterocycles. The van der Waals surface area contributed by atoms with Crippen LogP contribution >= 0.6 is 0 Å². The lowest BCUT2D eigenvalue weighted by molar-refractivity contribution is 0.244. The van der Waals surface area contributed by atoms with E-state index in [1.165, 1.54) is 5.92 Å². The molecule has 0 unspecified atom stereocenters. The molecule has 1 aliphatic rings. The van der Waals surface area contributed by atoms with Gasteiger partial charge >= 0.3 is 0 Å². The van der Waals surface area contributed by atoms with E-state index in [-0.39, 0.29) is 0 Å². The Bertz CT molecular complexity index is 310. The summed E-state index contributed by atoms with van der Waals surface area (Å²) in [6.45, 7) is 2.53. The lowest BCUT2D eigenvalue weighted by atomic mass is 9.79. The highest BCUT2D eigenvalue weighted by atomic mass is 19.1. The number of ether oxygens (including phenoxy) is 1. The molecular formula is C11H13FNO. The van der Waals surface area contributed by atoms with Crippen molar-refractivity contribution in [1.82, 2.24) is 4.98 Å². The van der Waals surface area contributed by atoms with Crippen LogP contribution in [0.1, 0.15) is 25.3 Å². The van der Waals surface area contributed by atoms with E-state index in [1.807, 2.05) is 19.1 Å². The SMILES string of the molecule is CCOc1cc([C]2CC(F)C2)ccn1. The third-order valence-electron chi connectivity index (χ3n) is 2.37. The highest BCUT2D eigenvalue weighted by Gasteiger charge is 2.30. The number of nitrogens with zero attached hydrogens (tertiary/aromatic N) is 1. The van der Waals surface area contributed by atoms with Crippen molar-refractivity contribution in [2.24, 2.45) is 0 Å². The van der Waals surface area contributed by atoms with Gasteiger partial charge in [0, 0.05) is 18.2 Å². The normalized spacial score (nSPS) is 17.9. The van der Waals surface area contributed by atoms with E-state index in [1.54, 1.807) is 6.20 Å². The minimum atomic E-state index is -0.645. The van der Waals surface area contributed by atoms with Crippen LogP contribution in [0.3, 0.4) is 0 Å². The van der Waals surface area contributed by atoms with Gasteiger partial charge in [-0.3, -0.25) is 0 Å². The fourth-order valence-electron chi connectivity index (χ4n) is 1.57. The van der Waals surface area contributed by atoms with Gasteiger partial charge in [0.2, 0.25) is 5.88 Å². The fourth-order valence-corrected chi connectivity index (χ4v) is 1.57. The third kappa shape index (κ3) is 1.86. The molecular weight excluding hydrogens is 181 g/mol. The highest BCUT2D eigenvalue weighted by Crippen LogP contribution is 2.38. The Morgan fingerprint density at radius 3 is 3.00 bits per heavy atom. The van der Waals surface area contributed by atoms with Crippen molar-refractivity contribution in [3.8, 4) is 5.88 Å². The molecule has 75 valence electrons. The maximum Gasteiger partial charge on any atom is 0.213 e. The molecule has 0 spiro atoms. The zero-order valence-corrected chi connectivity index (χ0v) is 8.16. The average Bonchev–Trinajstić information content (AvgIpc) is 2.14. The van der Waals surface area contributed by atoms with Crippen LogP contribution in [0, 0.1) is 5.92 Å². The number of rotatable bonds is 3. The minimum absolute atomic E-state index is 0.565. The molecule has 1 fully saturated rings. The first-order valence-electron chi connectivity index (χ1n) is 4.87. The second-order valence-corrected chi connectivity index (χ2v) is 3.42. The van der Waals surface area contributed by atoms with E-state index in [9.17, 15) is 4.39 Å². The number of alkyl halides is 1. The van der Waals surface area contributed by atoms with Crippen molar-refractivity contribution in [1.29, 1.82) is 0 Å². The van der Waals surface area contributed by atoms with Gasteiger partial charge in [0.1, 0.15) is 6.17 Å². The van der Waals surface area contributed by atoms with Crippen molar-refractivity contribution >= 4 is 0 Å². The molecule has 0 atom stereocenters. The summed E-state index contributed by atoms with van der Waals surface area (Å²) < 4.78 is 17.9. The van der Waals surface area contributed by atoms with Crippen LogP contribution in [-0.2, 0) is 0 Å². The van der Waals surface area contributed by atoms with Crippen LogP contribution in [0.5, 0.6) is 5.88 Å². The van der Waals surface area contributed by atoms with Crippen LogP contribution in [0.15, 0.2) is 18.3 Å². The second-order valence-electron chi connectivity index (χ2n) is 3.42. The Balaban J connectivity index is 2.06. The Morgan fingerprint density at radius 2 is 2.36 bits per heavy atom. The van der Waals surface area contributed by atoms with Gasteiger partial charge in [-0.15, -0.1) is 0 Å². The first-order chi connectivity index (χ1) is 6.79. The van der Waals surface area contributed by atoms with Crippen LogP contribution in [0.25, 0.3) is 0 Å². The summed E-state index contributed by atoms with van der Waals surface area (Å²) in [5.41, 5.74) is 1.07. The van der Waals surface area contributed by atoms with Crippen LogP contribution in [-0.4, -0.2) is 17.8 Å². The maximum absolute atomic E-state index is 12.6. The quantitative estimate of drug-likeness (QED) is 0.737. The molecule has 1 radical (unpaired) electrons. The van der Waals surface area contributed by atoms with Crippen LogP contribution < -0.4 is 4.74 Å². The van der Waals surface area contributed by atoms with E-state index in [2.05, 4.69) is 4.98 Å². The van der Waals surface area contributed by atoms with Gasteiger partial charge in [0.25, 0.3) is 0 Å². The molecule has 0 saturated heterocycles. The molecule has 2 rings (SSSR count). The first kappa shape index (κ1) is 9.44. The zero-order chi connectivity index (χ0) is 9.97. The Labute approximate surface area is 83.1 Å². The lowest BCUT2D eigenvalue weighted by Crippen LogP contribution is -2.23. The smallest absolute Gasteiger partial charge is 0.213 e. The molecule has 1 aromatic rings. The van der Waals surface area contributed by atoms with Crippen LogP contribution in [0.4, 0.5) is 4.39 Å². The summed E-state index contributed by atoms with van der Waals surface area (Å²) in [5, 5.41) is 0. The molecule has 14 heavy (non-hydrogen) atoms. The fraction of sp³-hybridized carbons (Fsp3) is 0.455. The standard InChI is InChI=1S/C11H13FNO/c1-2-14-11-7-8(3-4-13-11)9-5-10(12)6-9/h3-4,7,10H,2,5-6H2,1H3. The minimum Gasteiger partial charge on any atom is -0.478 e. The summed E-state index contributed by atoms with van der Waals surface area (Å²) in [6, 6.07) is 3.79. The molecule has 1 aliphatic carbocycles. The summed E-state index contributed by atoms with van der Waals surface area (Å²) in [6.07, 6.45) is 2.19. The largest absolute Gasteiger partial charge is 0.478 e. The molecule has 1 saturated carbocycles. The molecule has 0 aliphatic heterocycles. The van der Waals surface area contributed by atoms with Gasteiger partial charge in [-0.05, 0) is 31.4 Å². The number of hydrogen-bond donors (Lipinski definition) is 0. The number of aromatic nitrogens is 1. The predicted octanol–water partition coefficient (Wildman–Crippen LogP) is 2.53. The zero-order valence-electron chi connectivity index (χ0n) is 8.16. The van der Waals surface area contributed by atoms with E-state index < -0.39 is 6.17 Å². The number of hydrogen-bond acceptors (Lipinski definition) is 2. The first-order valence-corrected chi connectivity index (χ1v) is 4.87. The van der Waals surface area contributed by atoms with Crippen molar-refractivity contribution in [3.05, 3.63) is 29.8 Å². The van der Waals surface area contributed by atoms with E-state index >= 15 is 0 Å². The van der Waals surface area contributed by atoms with E-state index in [0.29, 0.717) is 25.3 Å². The van der Waals surface area contributed by atoms with Gasteiger partial charge < -0.3 is 4.74 Å². The highest BCUT2D eigenvalue weighted by molar-refractivity contribution is 5.36. The predicted molar refractivity (Wildman–Crippen MR) is 51.9 cm³/mol. The van der Waals surface area contributed by atoms with Crippen molar-refractivity contribution in [2.45, 2.75) is 25.9 Å². The van der Waals surface area contributed by atoms with Crippen LogP contribution in [0.2, 0.25) is 0 Å². The summed E-state index contributed by atoms with van der Waals surface area (Å²) in [5.74, 6) is 1.79. The van der Waals surface area contributed by atoms with Gasteiger partial charge in [0.15, 0.2) is 0 Å². The Morgan fingerprint density at radius 1 is 1.57 bits per heavy atom. The van der Waals surface area contributed by atoms with E-state index in [4.69, 9.17) is 4.74 Å². The number of pyridine rings is 1. The third-order valence-corrected chi connectivity index (χ3v) is 2.37. The van der Waals surface area contributed by atoms with Crippen molar-refractivity contribution in [2.75, 3.05) is 6.61 Å². The summed E-state index contributed by atoms with van der Waals surface area (Å²) in [7, 11) is 0. The molecule has 2 nitrogen and oxygen atoms in total. The molecule has 0 aromatic carbocycles. The second kappa shape index (κ2) is 3.95. The summed E-state index contributed by atoms with van der Waals surface area (Å²) in [4.78, 5) is 4.06. The van der Waals surface area contributed by atoms with Gasteiger partial charge in [-0.1, -0.05) is 0 Å². The average molecular weight is 194 g/mol. The topological polar surface area (TPSA) is 22.1 Å².